The van der Waals surface area contributed by atoms with E-state index >= 15 is 0 Å². The summed E-state index contributed by atoms with van der Waals surface area (Å²) in [4.78, 5) is 48.5. The summed E-state index contributed by atoms with van der Waals surface area (Å²) in [5.74, 6) is -4.03. The van der Waals surface area contributed by atoms with Crippen molar-refractivity contribution in [2.45, 2.75) is 18.9 Å². The van der Waals surface area contributed by atoms with Crippen molar-refractivity contribution in [3.05, 3.63) is 35.6 Å². The lowest BCUT2D eigenvalue weighted by atomic mass is 9.96. The van der Waals surface area contributed by atoms with E-state index in [9.17, 15) is 23.6 Å². The highest BCUT2D eigenvalue weighted by molar-refractivity contribution is 6.05. The third-order valence-corrected chi connectivity index (χ3v) is 4.03. The van der Waals surface area contributed by atoms with Gasteiger partial charge in [0.15, 0.2) is 6.04 Å². The van der Waals surface area contributed by atoms with Crippen molar-refractivity contribution in [1.82, 2.24) is 10.2 Å². The van der Waals surface area contributed by atoms with Crippen molar-refractivity contribution in [3.8, 4) is 0 Å². The third-order valence-electron chi connectivity index (χ3n) is 4.03. The van der Waals surface area contributed by atoms with E-state index in [1.165, 1.54) is 29.2 Å². The minimum atomic E-state index is -1.59. The highest BCUT2D eigenvalue weighted by atomic mass is 19.1. The average Bonchev–Trinajstić information content (AvgIpc) is 2.59. The SMILES string of the molecule is NC(=O)C(NC(=O)C1CCCN(C(=O)c2ccc(F)cc2)C1)C(N)=O. The summed E-state index contributed by atoms with van der Waals surface area (Å²) >= 11 is 0. The molecule has 1 aliphatic heterocycles. The lowest BCUT2D eigenvalue weighted by molar-refractivity contribution is -0.136. The number of rotatable bonds is 5. The summed E-state index contributed by atoms with van der Waals surface area (Å²) in [5, 5.41) is 2.22. The largest absolute Gasteiger partial charge is 0.367 e. The number of carbonyl (C=O) groups excluding carboxylic acids is 4. The van der Waals surface area contributed by atoms with Crippen LogP contribution in [0.1, 0.15) is 23.2 Å². The first-order valence-corrected chi connectivity index (χ1v) is 7.73. The second-order valence-electron chi connectivity index (χ2n) is 5.84. The fourth-order valence-electron chi connectivity index (χ4n) is 2.69. The number of halogens is 1. The number of piperidine rings is 1. The first kappa shape index (κ1) is 18.4. The molecule has 1 fully saturated rings. The van der Waals surface area contributed by atoms with Crippen LogP contribution < -0.4 is 16.8 Å². The van der Waals surface area contributed by atoms with Crippen molar-refractivity contribution in [2.24, 2.45) is 17.4 Å². The molecule has 0 aromatic heterocycles. The molecule has 25 heavy (non-hydrogen) atoms. The van der Waals surface area contributed by atoms with Crippen LogP contribution in [0.4, 0.5) is 4.39 Å². The molecule has 9 heteroatoms. The number of benzene rings is 1. The quantitative estimate of drug-likeness (QED) is 0.595. The van der Waals surface area contributed by atoms with Crippen molar-refractivity contribution in [1.29, 1.82) is 0 Å². The van der Waals surface area contributed by atoms with Gasteiger partial charge < -0.3 is 21.7 Å². The molecule has 5 N–H and O–H groups in total. The van der Waals surface area contributed by atoms with Gasteiger partial charge in [0.2, 0.25) is 17.7 Å². The molecule has 4 amide bonds. The number of carbonyl (C=O) groups is 4. The predicted molar refractivity (Wildman–Crippen MR) is 85.3 cm³/mol. The van der Waals surface area contributed by atoms with Gasteiger partial charge in [-0.1, -0.05) is 0 Å². The van der Waals surface area contributed by atoms with Crippen LogP contribution in [-0.4, -0.2) is 47.7 Å². The van der Waals surface area contributed by atoms with Gasteiger partial charge in [0, 0.05) is 18.7 Å². The molecule has 2 rings (SSSR count). The molecule has 0 saturated carbocycles. The molecule has 0 radical (unpaired) electrons. The fourth-order valence-corrected chi connectivity index (χ4v) is 2.69. The Morgan fingerprint density at radius 3 is 2.28 bits per heavy atom. The van der Waals surface area contributed by atoms with Gasteiger partial charge in [-0.25, -0.2) is 4.39 Å². The summed E-state index contributed by atoms with van der Waals surface area (Å²) in [6.07, 6.45) is 1.06. The normalized spacial score (nSPS) is 17.2. The van der Waals surface area contributed by atoms with Gasteiger partial charge in [-0.2, -0.15) is 0 Å². The Labute approximate surface area is 143 Å². The molecule has 1 aliphatic rings. The van der Waals surface area contributed by atoms with Crippen LogP contribution >= 0.6 is 0 Å². The summed E-state index contributed by atoms with van der Waals surface area (Å²) in [6, 6.07) is 3.53. The van der Waals surface area contributed by atoms with Gasteiger partial charge in [0.25, 0.3) is 5.91 Å². The van der Waals surface area contributed by atoms with Crippen LogP contribution in [0.5, 0.6) is 0 Å². The van der Waals surface area contributed by atoms with Crippen molar-refractivity contribution < 1.29 is 23.6 Å². The van der Waals surface area contributed by atoms with E-state index in [4.69, 9.17) is 11.5 Å². The molecule has 134 valence electrons. The van der Waals surface area contributed by atoms with Gasteiger partial charge in [0.05, 0.1) is 5.92 Å². The molecule has 1 saturated heterocycles. The Kier molecular flexibility index (Phi) is 5.68. The number of hydrogen-bond acceptors (Lipinski definition) is 4. The van der Waals surface area contributed by atoms with Gasteiger partial charge in [0.1, 0.15) is 5.82 Å². The molecule has 1 aromatic carbocycles. The number of hydrogen-bond donors (Lipinski definition) is 3. The van der Waals surface area contributed by atoms with Crippen LogP contribution in [0.25, 0.3) is 0 Å². The van der Waals surface area contributed by atoms with Crippen molar-refractivity contribution in [2.75, 3.05) is 13.1 Å². The highest BCUT2D eigenvalue weighted by Crippen LogP contribution is 2.19. The van der Waals surface area contributed by atoms with E-state index in [0.717, 1.165) is 0 Å². The monoisotopic (exact) mass is 350 g/mol. The van der Waals surface area contributed by atoms with E-state index < -0.39 is 35.5 Å². The Hall–Kier alpha value is -2.97. The first-order chi connectivity index (χ1) is 11.8. The van der Waals surface area contributed by atoms with Gasteiger partial charge in [-0.05, 0) is 37.1 Å². The van der Waals surface area contributed by atoms with Crippen LogP contribution in [-0.2, 0) is 14.4 Å². The van der Waals surface area contributed by atoms with E-state index in [-0.39, 0.29) is 12.5 Å². The van der Waals surface area contributed by atoms with Crippen LogP contribution in [0.2, 0.25) is 0 Å². The third kappa shape index (κ3) is 4.52. The summed E-state index contributed by atoms with van der Waals surface area (Å²) in [6.45, 7) is 0.571. The molecule has 1 atom stereocenters. The first-order valence-electron chi connectivity index (χ1n) is 7.73. The minimum absolute atomic E-state index is 0.117. The number of nitrogens with two attached hydrogens (primary N) is 2. The van der Waals surface area contributed by atoms with E-state index in [2.05, 4.69) is 5.32 Å². The molecule has 8 nitrogen and oxygen atoms in total. The summed E-state index contributed by atoms with van der Waals surface area (Å²) in [7, 11) is 0. The zero-order valence-corrected chi connectivity index (χ0v) is 13.4. The molecular weight excluding hydrogens is 331 g/mol. The van der Waals surface area contributed by atoms with Crippen molar-refractivity contribution >= 4 is 23.6 Å². The zero-order chi connectivity index (χ0) is 18.6. The number of primary amides is 2. The van der Waals surface area contributed by atoms with Crippen molar-refractivity contribution in [3.63, 3.8) is 0 Å². The molecular formula is C16H19FN4O4. The van der Waals surface area contributed by atoms with E-state index in [0.29, 0.717) is 24.9 Å². The van der Waals surface area contributed by atoms with E-state index in [1.807, 2.05) is 0 Å². The van der Waals surface area contributed by atoms with Crippen LogP contribution in [0.3, 0.4) is 0 Å². The standard InChI is InChI=1S/C16H19FN4O4/c17-11-5-3-9(4-6-11)16(25)21-7-1-2-10(8-21)15(24)20-12(13(18)22)14(19)23/h3-6,10,12H,1-2,7-8H2,(H2,18,22)(H2,19,23)(H,20,24). The lowest BCUT2D eigenvalue weighted by Gasteiger charge is -2.32. The van der Waals surface area contributed by atoms with E-state index in [1.54, 1.807) is 0 Å². The number of nitrogens with one attached hydrogen (secondary N) is 1. The maximum Gasteiger partial charge on any atom is 0.253 e. The smallest absolute Gasteiger partial charge is 0.253 e. The fraction of sp³-hybridized carbons (Fsp3) is 0.375. The van der Waals surface area contributed by atoms with Gasteiger partial charge in [-0.3, -0.25) is 19.2 Å². The maximum atomic E-state index is 13.0. The summed E-state index contributed by atoms with van der Waals surface area (Å²) < 4.78 is 13.0. The molecule has 1 heterocycles. The Morgan fingerprint density at radius 2 is 1.72 bits per heavy atom. The minimum Gasteiger partial charge on any atom is -0.367 e. The predicted octanol–water partition coefficient (Wildman–Crippen LogP) is -0.867. The van der Waals surface area contributed by atoms with Gasteiger partial charge >= 0.3 is 0 Å². The molecule has 0 bridgehead atoms. The van der Waals surface area contributed by atoms with Crippen LogP contribution in [0, 0.1) is 11.7 Å². The summed E-state index contributed by atoms with van der Waals surface area (Å²) in [5.41, 5.74) is 10.4. The number of likely N-dealkylation sites (tertiary alicyclic amines) is 1. The second-order valence-corrected chi connectivity index (χ2v) is 5.84. The Balaban J connectivity index is 2.03. The highest BCUT2D eigenvalue weighted by Gasteiger charge is 2.32. The Morgan fingerprint density at radius 1 is 1.12 bits per heavy atom. The Bertz CT molecular complexity index is 678. The lowest BCUT2D eigenvalue weighted by Crippen LogP contribution is -2.55. The number of nitrogens with zero attached hydrogens (tertiary/aromatic N) is 1. The number of amides is 4. The molecule has 0 aliphatic carbocycles. The molecule has 1 unspecified atom stereocenters. The zero-order valence-electron chi connectivity index (χ0n) is 13.4. The van der Waals surface area contributed by atoms with Crippen LogP contribution in [0.15, 0.2) is 24.3 Å². The topological polar surface area (TPSA) is 136 Å². The maximum absolute atomic E-state index is 13.0. The van der Waals surface area contributed by atoms with Gasteiger partial charge in [-0.15, -0.1) is 0 Å². The average molecular weight is 350 g/mol. The molecule has 1 aromatic rings. The molecule has 0 spiro atoms. The second kappa shape index (κ2) is 7.73.